The van der Waals surface area contributed by atoms with Crippen LogP contribution in [-0.4, -0.2) is 47.8 Å². The number of hydrogen-bond acceptors (Lipinski definition) is 9. The van der Waals surface area contributed by atoms with Crippen LogP contribution in [0.15, 0.2) is 55.0 Å². The van der Waals surface area contributed by atoms with Crippen molar-refractivity contribution in [2.45, 2.75) is 51.4 Å². The Kier molecular flexibility index (Phi) is 5.43. The van der Waals surface area contributed by atoms with Gasteiger partial charge in [-0.25, -0.2) is 24.6 Å². The first-order valence-electron chi connectivity index (χ1n) is 12.2. The number of benzene rings is 1. The minimum atomic E-state index is 0.0311. The lowest BCUT2D eigenvalue weighted by molar-refractivity contribution is 0.233. The van der Waals surface area contributed by atoms with Crippen LogP contribution in [0, 0.1) is 0 Å². The van der Waals surface area contributed by atoms with Crippen molar-refractivity contribution < 1.29 is 4.74 Å². The van der Waals surface area contributed by atoms with Gasteiger partial charge in [-0.1, -0.05) is 24.3 Å². The lowest BCUT2D eigenvalue weighted by Crippen LogP contribution is -2.33. The Morgan fingerprint density at radius 3 is 2.64 bits per heavy atom. The minimum absolute atomic E-state index is 0.0311. The van der Waals surface area contributed by atoms with Crippen LogP contribution in [0.2, 0.25) is 0 Å². The molecule has 4 heterocycles. The van der Waals surface area contributed by atoms with Gasteiger partial charge in [0, 0.05) is 24.4 Å². The maximum Gasteiger partial charge on any atom is 0.227 e. The predicted molar refractivity (Wildman–Crippen MR) is 136 cm³/mol. The zero-order valence-electron chi connectivity index (χ0n) is 20.6. The highest BCUT2D eigenvalue weighted by molar-refractivity contribution is 5.77. The predicted octanol–water partition coefficient (Wildman–Crippen LogP) is 3.29. The second-order valence-electron chi connectivity index (χ2n) is 9.61. The molecule has 1 fully saturated rings. The van der Waals surface area contributed by atoms with Crippen molar-refractivity contribution in [1.82, 2.24) is 39.9 Å². The summed E-state index contributed by atoms with van der Waals surface area (Å²) in [6, 6.07) is 8.85. The van der Waals surface area contributed by atoms with Gasteiger partial charge >= 0.3 is 0 Å². The number of nitrogens with two attached hydrogens (primary N) is 1. The van der Waals surface area contributed by atoms with E-state index >= 15 is 0 Å². The van der Waals surface area contributed by atoms with Crippen molar-refractivity contribution in [3.05, 3.63) is 71.8 Å². The summed E-state index contributed by atoms with van der Waals surface area (Å²) in [4.78, 5) is 20.6. The molecule has 3 N–H and O–H groups in total. The monoisotopic (exact) mass is 483 g/mol. The maximum atomic E-state index is 6.03. The van der Waals surface area contributed by atoms with E-state index in [0.717, 1.165) is 46.3 Å². The lowest BCUT2D eigenvalue weighted by Gasteiger charge is -2.29. The number of hydrogen-bond donors (Lipinski definition) is 2. The summed E-state index contributed by atoms with van der Waals surface area (Å²) >= 11 is 0. The first-order chi connectivity index (χ1) is 17.5. The number of nitrogens with one attached hydrogen (secondary N) is 1. The first kappa shape index (κ1) is 22.3. The van der Waals surface area contributed by atoms with Gasteiger partial charge in [-0.05, 0) is 37.8 Å². The van der Waals surface area contributed by atoms with E-state index in [9.17, 15) is 0 Å². The standard InChI is InChI=1S/C26H29N9O/c1-15(2)34-13-20(27)32-24(34)18-6-4-16(5-7-18)12-35-25-19(11-31-35)10-28-23(33-25)21-22(17-8-9-17)29-14-30-26(21)36-3/h4-7,10-11,13-15,17,24,32H,8-9,12,27H2,1-3H3. The molecule has 0 saturated heterocycles. The molecule has 1 aliphatic heterocycles. The molecule has 10 nitrogen and oxygen atoms in total. The van der Waals surface area contributed by atoms with Gasteiger partial charge in [-0.15, -0.1) is 0 Å². The van der Waals surface area contributed by atoms with Crippen LogP contribution in [-0.2, 0) is 6.54 Å². The van der Waals surface area contributed by atoms with Crippen molar-refractivity contribution in [3.63, 3.8) is 0 Å². The average molecular weight is 484 g/mol. The third-order valence-corrected chi connectivity index (χ3v) is 6.71. The summed E-state index contributed by atoms with van der Waals surface area (Å²) in [7, 11) is 1.61. The van der Waals surface area contributed by atoms with Gasteiger partial charge in [-0.3, -0.25) is 0 Å². The molecule has 6 rings (SSSR count). The van der Waals surface area contributed by atoms with Crippen molar-refractivity contribution in [3.8, 4) is 17.3 Å². The van der Waals surface area contributed by atoms with Gasteiger partial charge in [-0.2, -0.15) is 5.10 Å². The number of rotatable bonds is 7. The summed E-state index contributed by atoms with van der Waals surface area (Å²) in [5.41, 5.74) is 10.8. The van der Waals surface area contributed by atoms with Crippen molar-refractivity contribution in [1.29, 1.82) is 0 Å². The largest absolute Gasteiger partial charge is 0.480 e. The van der Waals surface area contributed by atoms with E-state index in [-0.39, 0.29) is 6.17 Å². The zero-order chi connectivity index (χ0) is 24.8. The summed E-state index contributed by atoms with van der Waals surface area (Å²) < 4.78 is 7.45. The molecule has 1 aliphatic carbocycles. The van der Waals surface area contributed by atoms with E-state index < -0.39 is 0 Å². The summed E-state index contributed by atoms with van der Waals surface area (Å²) in [5.74, 6) is 2.15. The highest BCUT2D eigenvalue weighted by atomic mass is 16.5. The van der Waals surface area contributed by atoms with Gasteiger partial charge in [0.25, 0.3) is 0 Å². The highest BCUT2D eigenvalue weighted by Crippen LogP contribution is 2.44. The van der Waals surface area contributed by atoms with E-state index in [4.69, 9.17) is 15.5 Å². The molecule has 0 radical (unpaired) electrons. The maximum absolute atomic E-state index is 6.03. The fourth-order valence-corrected chi connectivity index (χ4v) is 4.70. The van der Waals surface area contributed by atoms with Gasteiger partial charge in [0.1, 0.15) is 23.9 Å². The Bertz CT molecular complexity index is 1440. The van der Waals surface area contributed by atoms with Crippen LogP contribution in [0.1, 0.15) is 55.6 Å². The second-order valence-corrected chi connectivity index (χ2v) is 9.61. The van der Waals surface area contributed by atoms with Crippen molar-refractivity contribution >= 4 is 11.0 Å². The fraction of sp³-hybridized carbons (Fsp3) is 0.346. The molecular weight excluding hydrogens is 454 g/mol. The molecule has 4 aromatic rings. The molecule has 1 unspecified atom stereocenters. The molecule has 1 saturated carbocycles. The van der Waals surface area contributed by atoms with E-state index in [0.29, 0.717) is 36.0 Å². The molecule has 2 aliphatic rings. The van der Waals surface area contributed by atoms with Crippen LogP contribution in [0.25, 0.3) is 22.4 Å². The quantitative estimate of drug-likeness (QED) is 0.408. The number of aromatic nitrogens is 6. The minimum Gasteiger partial charge on any atom is -0.480 e. The smallest absolute Gasteiger partial charge is 0.227 e. The van der Waals surface area contributed by atoms with Gasteiger partial charge in [0.15, 0.2) is 11.5 Å². The molecule has 1 aromatic carbocycles. The summed E-state index contributed by atoms with van der Waals surface area (Å²) in [6.07, 6.45) is 9.37. The molecule has 36 heavy (non-hydrogen) atoms. The Hall–Kier alpha value is -4.21. The van der Waals surface area contributed by atoms with E-state index in [1.54, 1.807) is 25.8 Å². The van der Waals surface area contributed by atoms with Crippen LogP contribution >= 0.6 is 0 Å². The molecule has 10 heteroatoms. The Balaban J connectivity index is 1.29. The molecule has 0 spiro atoms. The van der Waals surface area contributed by atoms with Crippen LogP contribution in [0.5, 0.6) is 5.88 Å². The van der Waals surface area contributed by atoms with E-state index in [1.165, 1.54) is 0 Å². The van der Waals surface area contributed by atoms with Crippen LogP contribution in [0.4, 0.5) is 0 Å². The van der Waals surface area contributed by atoms with E-state index in [1.807, 2.05) is 10.9 Å². The van der Waals surface area contributed by atoms with Gasteiger partial charge in [0.05, 0.1) is 30.9 Å². The number of fused-ring (bicyclic) bond motifs is 1. The lowest BCUT2D eigenvalue weighted by atomic mass is 10.1. The van der Waals surface area contributed by atoms with E-state index in [2.05, 4.69) is 68.4 Å². The van der Waals surface area contributed by atoms with Crippen LogP contribution in [0.3, 0.4) is 0 Å². The number of nitrogens with zero attached hydrogens (tertiary/aromatic N) is 7. The van der Waals surface area contributed by atoms with Gasteiger partial charge < -0.3 is 20.7 Å². The third kappa shape index (κ3) is 3.98. The van der Waals surface area contributed by atoms with Gasteiger partial charge in [0.2, 0.25) is 5.88 Å². The SMILES string of the molecule is COc1ncnc(C2CC2)c1-c1ncc2cnn(Cc3ccc(C4NC(N)=CN4C(C)C)cc3)c2n1. The Morgan fingerprint density at radius 1 is 1.11 bits per heavy atom. The topological polar surface area (TPSA) is 120 Å². The fourth-order valence-electron chi connectivity index (χ4n) is 4.70. The molecule has 0 bridgehead atoms. The highest BCUT2D eigenvalue weighted by Gasteiger charge is 2.31. The zero-order valence-corrected chi connectivity index (χ0v) is 20.6. The Labute approximate surface area is 209 Å². The summed E-state index contributed by atoms with van der Waals surface area (Å²) in [6.45, 7) is 4.90. The van der Waals surface area contributed by atoms with Crippen molar-refractivity contribution in [2.24, 2.45) is 5.73 Å². The number of ether oxygens (including phenoxy) is 1. The molecule has 184 valence electrons. The summed E-state index contributed by atoms with van der Waals surface area (Å²) in [5, 5.41) is 8.82. The average Bonchev–Trinajstić information content (AvgIpc) is 3.56. The first-order valence-corrected chi connectivity index (χ1v) is 12.2. The number of methoxy groups -OCH3 is 1. The molecule has 0 amide bonds. The third-order valence-electron chi connectivity index (χ3n) is 6.71. The van der Waals surface area contributed by atoms with Crippen molar-refractivity contribution in [2.75, 3.05) is 7.11 Å². The Morgan fingerprint density at radius 2 is 1.92 bits per heavy atom. The second kappa shape index (κ2) is 8.78. The molecular formula is C26H29N9O. The van der Waals surface area contributed by atoms with Crippen LogP contribution < -0.4 is 15.8 Å². The molecule has 1 atom stereocenters. The normalized spacial score (nSPS) is 17.5. The molecule has 3 aromatic heterocycles.